The second kappa shape index (κ2) is 6.22. The normalized spacial score (nSPS) is 16.1. The molecule has 1 aromatic rings. The molecule has 0 unspecified atom stereocenters. The molecule has 5 nitrogen and oxygen atoms in total. The summed E-state index contributed by atoms with van der Waals surface area (Å²) >= 11 is 6.10. The van der Waals surface area contributed by atoms with Crippen LogP contribution in [0.5, 0.6) is 5.75 Å². The molecule has 2 rings (SSSR count). The van der Waals surface area contributed by atoms with Gasteiger partial charge in [-0.1, -0.05) is 11.6 Å². The number of amides is 2. The number of anilines is 1. The standard InChI is InChI=1S/C14H20ClN3O2/c1-9-7-12(13(20-2)8-11(9)15)17-10-3-5-18(6-4-10)14(16)19/h7-8,10,17H,3-6H2,1-2H3,(H2,16,19). The number of hydrogen-bond acceptors (Lipinski definition) is 3. The van der Waals surface area contributed by atoms with E-state index in [4.69, 9.17) is 22.1 Å². The van der Waals surface area contributed by atoms with Crippen LogP contribution in [0.4, 0.5) is 10.5 Å². The van der Waals surface area contributed by atoms with E-state index in [9.17, 15) is 4.79 Å². The highest BCUT2D eigenvalue weighted by Gasteiger charge is 2.22. The molecule has 0 spiro atoms. The molecule has 1 saturated heterocycles. The first-order valence-electron chi connectivity index (χ1n) is 6.66. The van der Waals surface area contributed by atoms with Crippen LogP contribution < -0.4 is 15.8 Å². The second-order valence-corrected chi connectivity index (χ2v) is 5.45. The van der Waals surface area contributed by atoms with Gasteiger partial charge in [-0.2, -0.15) is 0 Å². The van der Waals surface area contributed by atoms with Gasteiger partial charge >= 0.3 is 6.03 Å². The van der Waals surface area contributed by atoms with Crippen molar-refractivity contribution in [3.63, 3.8) is 0 Å². The van der Waals surface area contributed by atoms with E-state index in [0.717, 1.165) is 29.8 Å². The van der Waals surface area contributed by atoms with E-state index >= 15 is 0 Å². The number of nitrogens with zero attached hydrogens (tertiary/aromatic N) is 1. The maximum Gasteiger partial charge on any atom is 0.314 e. The monoisotopic (exact) mass is 297 g/mol. The lowest BCUT2D eigenvalue weighted by molar-refractivity contribution is 0.193. The van der Waals surface area contributed by atoms with Gasteiger partial charge in [-0.25, -0.2) is 4.79 Å². The van der Waals surface area contributed by atoms with Gasteiger partial charge in [0.25, 0.3) is 0 Å². The number of ether oxygens (including phenoxy) is 1. The van der Waals surface area contributed by atoms with E-state index in [1.165, 1.54) is 0 Å². The van der Waals surface area contributed by atoms with Crippen molar-refractivity contribution in [3.05, 3.63) is 22.7 Å². The molecule has 0 bridgehead atoms. The van der Waals surface area contributed by atoms with E-state index in [-0.39, 0.29) is 6.03 Å². The first-order valence-corrected chi connectivity index (χ1v) is 7.04. The van der Waals surface area contributed by atoms with Crippen molar-refractivity contribution < 1.29 is 9.53 Å². The Kier molecular flexibility index (Phi) is 4.60. The zero-order valence-corrected chi connectivity index (χ0v) is 12.5. The number of likely N-dealkylation sites (tertiary alicyclic amines) is 1. The highest BCUT2D eigenvalue weighted by Crippen LogP contribution is 2.32. The van der Waals surface area contributed by atoms with Crippen molar-refractivity contribution >= 4 is 23.3 Å². The average molecular weight is 298 g/mol. The Balaban J connectivity index is 2.04. The fourth-order valence-electron chi connectivity index (χ4n) is 2.41. The molecule has 1 aromatic carbocycles. The molecule has 1 heterocycles. The molecule has 1 aliphatic heterocycles. The van der Waals surface area contributed by atoms with Gasteiger partial charge in [-0.15, -0.1) is 0 Å². The van der Waals surface area contributed by atoms with Crippen molar-refractivity contribution in [1.29, 1.82) is 0 Å². The summed E-state index contributed by atoms with van der Waals surface area (Å²) in [7, 11) is 1.63. The molecule has 0 aromatic heterocycles. The highest BCUT2D eigenvalue weighted by molar-refractivity contribution is 6.31. The fourth-order valence-corrected chi connectivity index (χ4v) is 2.56. The molecule has 1 aliphatic rings. The molecule has 20 heavy (non-hydrogen) atoms. The summed E-state index contributed by atoms with van der Waals surface area (Å²) < 4.78 is 5.35. The number of urea groups is 1. The maximum atomic E-state index is 11.1. The third-order valence-electron chi connectivity index (χ3n) is 3.65. The number of rotatable bonds is 3. The fraction of sp³-hybridized carbons (Fsp3) is 0.500. The van der Waals surface area contributed by atoms with Crippen LogP contribution in [0.25, 0.3) is 0 Å². The lowest BCUT2D eigenvalue weighted by atomic mass is 10.0. The molecular weight excluding hydrogens is 278 g/mol. The predicted octanol–water partition coefficient (Wildman–Crippen LogP) is 2.61. The molecule has 3 N–H and O–H groups in total. The second-order valence-electron chi connectivity index (χ2n) is 5.05. The zero-order chi connectivity index (χ0) is 14.7. The van der Waals surface area contributed by atoms with E-state index in [0.29, 0.717) is 24.2 Å². The minimum Gasteiger partial charge on any atom is -0.495 e. The number of carbonyl (C=O) groups is 1. The van der Waals surface area contributed by atoms with Gasteiger partial charge < -0.3 is 20.7 Å². The van der Waals surface area contributed by atoms with Gasteiger partial charge in [0.1, 0.15) is 5.75 Å². The summed E-state index contributed by atoms with van der Waals surface area (Å²) in [6.07, 6.45) is 1.74. The van der Waals surface area contributed by atoms with Gasteiger partial charge in [0.15, 0.2) is 0 Å². The molecule has 0 atom stereocenters. The van der Waals surface area contributed by atoms with Crippen LogP contribution in [0.1, 0.15) is 18.4 Å². The lowest BCUT2D eigenvalue weighted by Gasteiger charge is -2.32. The van der Waals surface area contributed by atoms with Gasteiger partial charge in [0.05, 0.1) is 12.8 Å². The first kappa shape index (κ1) is 14.8. The largest absolute Gasteiger partial charge is 0.495 e. The summed E-state index contributed by atoms with van der Waals surface area (Å²) in [6.45, 7) is 3.33. The average Bonchev–Trinajstić information content (AvgIpc) is 2.43. The van der Waals surface area contributed by atoms with Crippen LogP contribution in [0, 0.1) is 6.92 Å². The number of nitrogens with one attached hydrogen (secondary N) is 1. The summed E-state index contributed by atoms with van der Waals surface area (Å²) in [6, 6.07) is 3.77. The molecule has 1 fully saturated rings. The molecule has 2 amide bonds. The third-order valence-corrected chi connectivity index (χ3v) is 4.05. The van der Waals surface area contributed by atoms with Crippen LogP contribution >= 0.6 is 11.6 Å². The number of primary amides is 1. The molecule has 110 valence electrons. The summed E-state index contributed by atoms with van der Waals surface area (Å²) in [5.41, 5.74) is 7.22. The van der Waals surface area contributed by atoms with E-state index in [2.05, 4.69) is 5.32 Å². The van der Waals surface area contributed by atoms with Crippen LogP contribution in [-0.2, 0) is 0 Å². The summed E-state index contributed by atoms with van der Waals surface area (Å²) in [5, 5.41) is 4.16. The third kappa shape index (κ3) is 3.28. The lowest BCUT2D eigenvalue weighted by Crippen LogP contribution is -2.44. The number of nitrogens with two attached hydrogens (primary N) is 1. The number of hydrogen-bond donors (Lipinski definition) is 2. The Labute approximate surface area is 124 Å². The molecule has 0 saturated carbocycles. The molecule has 6 heteroatoms. The van der Waals surface area contributed by atoms with Gasteiger partial charge in [0.2, 0.25) is 0 Å². The number of piperidine rings is 1. The quantitative estimate of drug-likeness (QED) is 0.901. The predicted molar refractivity (Wildman–Crippen MR) is 80.5 cm³/mol. The smallest absolute Gasteiger partial charge is 0.314 e. The van der Waals surface area contributed by atoms with Gasteiger partial charge in [-0.05, 0) is 31.4 Å². The van der Waals surface area contributed by atoms with Crippen molar-refractivity contribution in [2.75, 3.05) is 25.5 Å². The van der Waals surface area contributed by atoms with Gasteiger partial charge in [-0.3, -0.25) is 0 Å². The van der Waals surface area contributed by atoms with Crippen molar-refractivity contribution in [1.82, 2.24) is 4.90 Å². The number of halogens is 1. The molecule has 0 radical (unpaired) electrons. The first-order chi connectivity index (χ1) is 9.51. The van der Waals surface area contributed by atoms with E-state index in [1.54, 1.807) is 12.0 Å². The Morgan fingerprint density at radius 1 is 1.45 bits per heavy atom. The Bertz CT molecular complexity index is 499. The topological polar surface area (TPSA) is 67.6 Å². The number of benzene rings is 1. The maximum absolute atomic E-state index is 11.1. The van der Waals surface area contributed by atoms with E-state index in [1.807, 2.05) is 19.1 Å². The van der Waals surface area contributed by atoms with Crippen molar-refractivity contribution in [2.45, 2.75) is 25.8 Å². The number of carbonyl (C=O) groups excluding carboxylic acids is 1. The van der Waals surface area contributed by atoms with Crippen LogP contribution in [-0.4, -0.2) is 37.2 Å². The van der Waals surface area contributed by atoms with Crippen LogP contribution in [0.15, 0.2) is 12.1 Å². The van der Waals surface area contributed by atoms with Crippen LogP contribution in [0.2, 0.25) is 5.02 Å². The highest BCUT2D eigenvalue weighted by atomic mass is 35.5. The summed E-state index contributed by atoms with van der Waals surface area (Å²) in [5.74, 6) is 0.734. The van der Waals surface area contributed by atoms with Crippen LogP contribution in [0.3, 0.4) is 0 Å². The minimum atomic E-state index is -0.344. The minimum absolute atomic E-state index is 0.306. The van der Waals surface area contributed by atoms with Crippen molar-refractivity contribution in [3.8, 4) is 5.75 Å². The van der Waals surface area contributed by atoms with E-state index < -0.39 is 0 Å². The molecular formula is C14H20ClN3O2. The number of methoxy groups -OCH3 is 1. The van der Waals surface area contributed by atoms with Crippen molar-refractivity contribution in [2.24, 2.45) is 5.73 Å². The zero-order valence-electron chi connectivity index (χ0n) is 11.8. The Morgan fingerprint density at radius 2 is 2.10 bits per heavy atom. The number of aryl methyl sites for hydroxylation is 1. The summed E-state index contributed by atoms with van der Waals surface area (Å²) in [4.78, 5) is 12.8. The van der Waals surface area contributed by atoms with Gasteiger partial charge in [0, 0.05) is 30.2 Å². The Morgan fingerprint density at radius 3 is 2.65 bits per heavy atom. The SMILES string of the molecule is COc1cc(Cl)c(C)cc1NC1CCN(C(N)=O)CC1. The Hall–Kier alpha value is -1.62. The molecule has 0 aliphatic carbocycles.